The number of hydrogen-bond donors (Lipinski definition) is 3. The number of carbonyl (C=O) groups is 1. The van der Waals surface area contributed by atoms with Crippen LogP contribution < -0.4 is 15.2 Å². The Bertz CT molecular complexity index is 1370. The molecule has 9 nitrogen and oxygen atoms in total. The monoisotopic (exact) mass is 526 g/mol. The molecule has 3 aromatic rings. The summed E-state index contributed by atoms with van der Waals surface area (Å²) in [5, 5.41) is 9.24. The van der Waals surface area contributed by atoms with Gasteiger partial charge in [-0.15, -0.1) is 0 Å². The summed E-state index contributed by atoms with van der Waals surface area (Å²) in [5.41, 5.74) is 9.44. The summed E-state index contributed by atoms with van der Waals surface area (Å²) in [6.45, 7) is 10.5. The molecule has 0 aliphatic carbocycles. The Balaban J connectivity index is 1.99. The smallest absolute Gasteiger partial charge is 0.335 e. The molecule has 0 fully saturated rings. The van der Waals surface area contributed by atoms with E-state index in [1.807, 2.05) is 32.0 Å². The number of ether oxygens (including phenoxy) is 1. The minimum Gasteiger partial charge on any atom is -0.478 e. The van der Waals surface area contributed by atoms with Gasteiger partial charge < -0.3 is 15.6 Å². The van der Waals surface area contributed by atoms with Gasteiger partial charge in [0.2, 0.25) is 11.8 Å². The van der Waals surface area contributed by atoms with E-state index in [1.54, 1.807) is 6.07 Å². The van der Waals surface area contributed by atoms with E-state index >= 15 is 0 Å². The second-order valence-corrected chi connectivity index (χ2v) is 11.6. The summed E-state index contributed by atoms with van der Waals surface area (Å²) in [7, 11) is -4.18. The molecule has 198 valence electrons. The van der Waals surface area contributed by atoms with Crippen molar-refractivity contribution in [1.82, 2.24) is 9.97 Å². The van der Waals surface area contributed by atoms with Crippen molar-refractivity contribution >= 4 is 21.9 Å². The highest BCUT2D eigenvalue weighted by Gasteiger charge is 2.22. The first-order chi connectivity index (χ1) is 17.3. The van der Waals surface area contributed by atoms with Gasteiger partial charge in [-0.2, -0.15) is 4.98 Å². The molecule has 3 rings (SSSR count). The van der Waals surface area contributed by atoms with Crippen molar-refractivity contribution < 1.29 is 23.1 Å². The van der Waals surface area contributed by atoms with Crippen LogP contribution in [0.15, 0.2) is 53.4 Å². The van der Waals surface area contributed by atoms with Gasteiger partial charge in [-0.3, -0.25) is 0 Å². The van der Waals surface area contributed by atoms with Crippen LogP contribution in [0.2, 0.25) is 0 Å². The molecular formula is C27H34N4O5S. The van der Waals surface area contributed by atoms with Crippen molar-refractivity contribution in [1.29, 1.82) is 0 Å². The van der Waals surface area contributed by atoms with Crippen LogP contribution in [-0.2, 0) is 10.0 Å². The predicted molar refractivity (Wildman–Crippen MR) is 143 cm³/mol. The summed E-state index contributed by atoms with van der Waals surface area (Å²) in [4.78, 5) is 19.8. The summed E-state index contributed by atoms with van der Waals surface area (Å²) in [6.07, 6.45) is 1.72. The van der Waals surface area contributed by atoms with Crippen LogP contribution in [0.4, 0.5) is 5.95 Å². The molecule has 2 aromatic carbocycles. The SMILES string of the molecule is CCC(C)(C)CC(N)COc1cc(-c2c(C)cccc2C)nc(NS(=O)(=O)c2cccc(C(=O)O)c2)n1. The highest BCUT2D eigenvalue weighted by molar-refractivity contribution is 7.92. The number of aryl methyl sites for hydroxylation is 2. The van der Waals surface area contributed by atoms with Gasteiger partial charge in [0.15, 0.2) is 0 Å². The van der Waals surface area contributed by atoms with Crippen molar-refractivity contribution in [2.45, 2.75) is 58.4 Å². The van der Waals surface area contributed by atoms with Crippen molar-refractivity contribution in [2.24, 2.45) is 11.1 Å². The molecule has 10 heteroatoms. The van der Waals surface area contributed by atoms with E-state index < -0.39 is 16.0 Å². The Morgan fingerprint density at radius 1 is 1.11 bits per heavy atom. The molecule has 1 heterocycles. The van der Waals surface area contributed by atoms with Gasteiger partial charge in [0.05, 0.1) is 16.2 Å². The van der Waals surface area contributed by atoms with Crippen molar-refractivity contribution in [3.63, 3.8) is 0 Å². The van der Waals surface area contributed by atoms with Crippen LogP contribution in [0.3, 0.4) is 0 Å². The number of nitrogens with zero attached hydrogens (tertiary/aromatic N) is 2. The molecule has 0 radical (unpaired) electrons. The van der Waals surface area contributed by atoms with Crippen LogP contribution in [0, 0.1) is 19.3 Å². The van der Waals surface area contributed by atoms with Crippen LogP contribution in [-0.4, -0.2) is 42.1 Å². The summed E-state index contributed by atoms with van der Waals surface area (Å²) >= 11 is 0. The molecule has 0 saturated carbocycles. The third-order valence-electron chi connectivity index (χ3n) is 6.27. The number of sulfonamides is 1. The third kappa shape index (κ3) is 7.27. The number of anilines is 1. The van der Waals surface area contributed by atoms with Gasteiger partial charge in [0.1, 0.15) is 6.61 Å². The Kier molecular flexibility index (Phi) is 8.55. The molecule has 0 aliphatic rings. The molecule has 1 aromatic heterocycles. The number of nitrogens with two attached hydrogens (primary N) is 1. The molecule has 0 saturated heterocycles. The molecule has 1 unspecified atom stereocenters. The maximum Gasteiger partial charge on any atom is 0.335 e. The van der Waals surface area contributed by atoms with E-state index in [9.17, 15) is 18.3 Å². The molecule has 0 aliphatic heterocycles. The van der Waals surface area contributed by atoms with Crippen molar-refractivity contribution in [3.8, 4) is 17.1 Å². The van der Waals surface area contributed by atoms with Gasteiger partial charge in [0, 0.05) is 17.7 Å². The van der Waals surface area contributed by atoms with Crippen LogP contribution >= 0.6 is 0 Å². The first-order valence-electron chi connectivity index (χ1n) is 12.0. The standard InChI is InChI=1S/C27H34N4O5S/c1-6-27(4,5)15-20(28)16-36-23-14-22(24-17(2)9-7-10-18(24)3)29-26(30-23)31-37(34,35)21-12-8-11-19(13-21)25(32)33/h7-14,20H,6,15-16,28H2,1-5H3,(H,32,33)(H,29,30,31). The lowest BCUT2D eigenvalue weighted by atomic mass is 9.84. The van der Waals surface area contributed by atoms with Crippen LogP contribution in [0.5, 0.6) is 5.88 Å². The number of benzene rings is 2. The van der Waals surface area contributed by atoms with Crippen molar-refractivity contribution in [3.05, 3.63) is 65.2 Å². The lowest BCUT2D eigenvalue weighted by molar-refractivity contribution is 0.0696. The average Bonchev–Trinajstić information content (AvgIpc) is 2.82. The second-order valence-electron chi connectivity index (χ2n) is 9.91. The molecule has 0 amide bonds. The first kappa shape index (κ1) is 28.1. The quantitative estimate of drug-likeness (QED) is 0.323. The fourth-order valence-corrected chi connectivity index (χ4v) is 4.96. The van der Waals surface area contributed by atoms with Crippen molar-refractivity contribution in [2.75, 3.05) is 11.3 Å². The Morgan fingerprint density at radius 2 is 1.76 bits per heavy atom. The molecule has 4 N–H and O–H groups in total. The lowest BCUT2D eigenvalue weighted by Crippen LogP contribution is -2.33. The minimum atomic E-state index is -4.18. The number of hydrogen-bond acceptors (Lipinski definition) is 7. The highest BCUT2D eigenvalue weighted by atomic mass is 32.2. The van der Waals surface area contributed by atoms with Gasteiger partial charge in [-0.25, -0.2) is 22.9 Å². The predicted octanol–water partition coefficient (Wildman–Crippen LogP) is 4.79. The van der Waals surface area contributed by atoms with Gasteiger partial charge in [-0.1, -0.05) is 51.5 Å². The molecular weight excluding hydrogens is 492 g/mol. The van der Waals surface area contributed by atoms with Gasteiger partial charge in [0.25, 0.3) is 10.0 Å². The summed E-state index contributed by atoms with van der Waals surface area (Å²) < 4.78 is 34.5. The van der Waals surface area contributed by atoms with Gasteiger partial charge >= 0.3 is 5.97 Å². The number of aromatic nitrogens is 2. The van der Waals surface area contributed by atoms with Gasteiger partial charge in [-0.05, 0) is 55.0 Å². The van der Waals surface area contributed by atoms with Crippen LogP contribution in [0.1, 0.15) is 55.1 Å². The largest absolute Gasteiger partial charge is 0.478 e. The number of carboxylic acid groups (broad SMARTS) is 1. The Labute approximate surface area is 218 Å². The fourth-order valence-electron chi connectivity index (χ4n) is 3.97. The second kappa shape index (κ2) is 11.3. The number of rotatable bonds is 11. The van der Waals surface area contributed by atoms with E-state index in [-0.39, 0.29) is 40.4 Å². The Morgan fingerprint density at radius 3 is 2.38 bits per heavy atom. The van der Waals surface area contributed by atoms with Crippen LogP contribution in [0.25, 0.3) is 11.3 Å². The minimum absolute atomic E-state index is 0.0587. The topological polar surface area (TPSA) is 144 Å². The number of nitrogens with one attached hydrogen (secondary N) is 1. The average molecular weight is 527 g/mol. The summed E-state index contributed by atoms with van der Waals surface area (Å²) in [6, 6.07) is 12.3. The molecule has 0 spiro atoms. The Hall–Kier alpha value is -3.50. The zero-order chi connectivity index (χ0) is 27.4. The highest BCUT2D eigenvalue weighted by Crippen LogP contribution is 2.30. The zero-order valence-electron chi connectivity index (χ0n) is 21.8. The normalized spacial score (nSPS) is 12.7. The maximum absolute atomic E-state index is 13.1. The first-order valence-corrected chi connectivity index (χ1v) is 13.5. The lowest BCUT2D eigenvalue weighted by Gasteiger charge is -2.26. The van der Waals surface area contributed by atoms with E-state index in [1.165, 1.54) is 18.2 Å². The van der Waals surface area contributed by atoms with E-state index in [2.05, 4.69) is 35.5 Å². The number of aromatic carboxylic acids is 1. The van der Waals surface area contributed by atoms with E-state index in [0.717, 1.165) is 35.6 Å². The van der Waals surface area contributed by atoms with E-state index in [0.29, 0.717) is 5.69 Å². The zero-order valence-corrected chi connectivity index (χ0v) is 22.6. The maximum atomic E-state index is 13.1. The third-order valence-corrected chi connectivity index (χ3v) is 7.60. The fraction of sp³-hybridized carbons (Fsp3) is 0.370. The molecule has 37 heavy (non-hydrogen) atoms. The molecule has 1 atom stereocenters. The van der Waals surface area contributed by atoms with E-state index in [4.69, 9.17) is 10.5 Å². The molecule has 0 bridgehead atoms. The summed E-state index contributed by atoms with van der Waals surface area (Å²) in [5.74, 6) is -1.25. The number of carboxylic acids is 1.